The summed E-state index contributed by atoms with van der Waals surface area (Å²) in [5, 5.41) is 6.95. The number of halogens is 1. The first-order chi connectivity index (χ1) is 8.70. The van der Waals surface area contributed by atoms with E-state index in [-0.39, 0.29) is 16.6 Å². The highest BCUT2D eigenvalue weighted by Crippen LogP contribution is 2.16. The molecule has 0 bridgehead atoms. The molecule has 0 spiro atoms. The van der Waals surface area contributed by atoms with E-state index in [1.54, 1.807) is 23.5 Å². The molecule has 2 aromatic rings. The van der Waals surface area contributed by atoms with E-state index >= 15 is 0 Å². The van der Waals surface area contributed by atoms with Gasteiger partial charge in [-0.15, -0.1) is 0 Å². The maximum atomic E-state index is 11.9. The van der Waals surface area contributed by atoms with Gasteiger partial charge < -0.3 is 10.7 Å². The average molecular weight is 283 g/mol. The van der Waals surface area contributed by atoms with Crippen molar-refractivity contribution in [2.45, 2.75) is 6.54 Å². The summed E-state index contributed by atoms with van der Waals surface area (Å²) in [6, 6.07) is 5.11. The molecular formula is C11H11ClN4OS. The fourth-order valence-corrected chi connectivity index (χ4v) is 2.20. The van der Waals surface area contributed by atoms with Crippen LogP contribution in [0.15, 0.2) is 29.0 Å². The zero-order chi connectivity index (χ0) is 13.0. The van der Waals surface area contributed by atoms with Crippen LogP contribution in [0.2, 0.25) is 5.02 Å². The van der Waals surface area contributed by atoms with Gasteiger partial charge in [0.1, 0.15) is 11.5 Å². The Hall–Kier alpha value is -1.63. The molecule has 0 unspecified atom stereocenters. The van der Waals surface area contributed by atoms with Gasteiger partial charge in [-0.1, -0.05) is 11.6 Å². The first-order valence-electron chi connectivity index (χ1n) is 5.13. The molecule has 0 saturated heterocycles. The van der Waals surface area contributed by atoms with Crippen molar-refractivity contribution < 1.29 is 4.79 Å². The number of nitrogens with one attached hydrogen (secondary N) is 2. The summed E-state index contributed by atoms with van der Waals surface area (Å²) >= 11 is 7.50. The maximum Gasteiger partial charge on any atom is 0.271 e. The van der Waals surface area contributed by atoms with Crippen molar-refractivity contribution in [2.24, 2.45) is 5.84 Å². The van der Waals surface area contributed by atoms with Gasteiger partial charge in [-0.3, -0.25) is 4.79 Å². The second kappa shape index (κ2) is 5.81. The van der Waals surface area contributed by atoms with Crippen LogP contribution < -0.4 is 16.6 Å². The number of hydrogen-bond donors (Lipinski definition) is 3. The fourth-order valence-electron chi connectivity index (χ4n) is 1.34. The lowest BCUT2D eigenvalue weighted by Gasteiger charge is -2.07. The quantitative estimate of drug-likeness (QED) is 0.592. The summed E-state index contributed by atoms with van der Waals surface area (Å²) in [5.41, 5.74) is 3.57. The molecule has 0 radical (unpaired) electrons. The summed E-state index contributed by atoms with van der Waals surface area (Å²) in [4.78, 5) is 15.9. The average Bonchev–Trinajstić information content (AvgIpc) is 2.89. The molecule has 4 N–H and O–H groups in total. The van der Waals surface area contributed by atoms with Crippen LogP contribution in [0.1, 0.15) is 16.1 Å². The van der Waals surface area contributed by atoms with Crippen molar-refractivity contribution in [2.75, 3.05) is 5.43 Å². The minimum atomic E-state index is -0.330. The zero-order valence-corrected chi connectivity index (χ0v) is 10.9. The van der Waals surface area contributed by atoms with Crippen molar-refractivity contribution in [1.82, 2.24) is 10.3 Å². The fraction of sp³-hybridized carbons (Fsp3) is 0.0909. The lowest BCUT2D eigenvalue weighted by Crippen LogP contribution is -2.24. The molecule has 2 aromatic heterocycles. The Bertz CT molecular complexity index is 544. The molecule has 94 valence electrons. The van der Waals surface area contributed by atoms with Gasteiger partial charge in [-0.2, -0.15) is 11.3 Å². The predicted octanol–water partition coefficient (Wildman–Crippen LogP) is 2.01. The van der Waals surface area contributed by atoms with Gasteiger partial charge >= 0.3 is 0 Å². The number of hydrogen-bond acceptors (Lipinski definition) is 5. The molecule has 0 aliphatic rings. The molecule has 0 fully saturated rings. The molecular weight excluding hydrogens is 272 g/mol. The van der Waals surface area contributed by atoms with Gasteiger partial charge in [-0.05, 0) is 34.5 Å². The molecule has 0 aliphatic heterocycles. The van der Waals surface area contributed by atoms with Crippen LogP contribution >= 0.6 is 22.9 Å². The molecule has 18 heavy (non-hydrogen) atoms. The lowest BCUT2D eigenvalue weighted by molar-refractivity contribution is 0.0946. The molecule has 0 saturated carbocycles. The second-order valence-corrected chi connectivity index (χ2v) is 4.67. The Morgan fingerprint density at radius 2 is 2.28 bits per heavy atom. The largest absolute Gasteiger partial charge is 0.347 e. The Kier molecular flexibility index (Phi) is 4.14. The van der Waals surface area contributed by atoms with Gasteiger partial charge in [0.15, 0.2) is 0 Å². The summed E-state index contributed by atoms with van der Waals surface area (Å²) in [6.45, 7) is 0.445. The van der Waals surface area contributed by atoms with Crippen LogP contribution in [0, 0.1) is 0 Å². The van der Waals surface area contributed by atoms with Crippen LogP contribution in [0.4, 0.5) is 5.82 Å². The minimum absolute atomic E-state index is 0.155. The molecule has 0 aliphatic carbocycles. The van der Waals surface area contributed by atoms with E-state index in [0.29, 0.717) is 12.4 Å². The van der Waals surface area contributed by atoms with Crippen molar-refractivity contribution in [3.63, 3.8) is 0 Å². The second-order valence-electron chi connectivity index (χ2n) is 3.49. The normalized spacial score (nSPS) is 10.1. The number of hydrazine groups is 1. The molecule has 2 heterocycles. The number of amides is 1. The van der Waals surface area contributed by atoms with Crippen LogP contribution in [0.3, 0.4) is 0 Å². The third-order valence-corrected chi connectivity index (χ3v) is 3.28. The Labute approximate surface area is 113 Å². The number of anilines is 1. The first kappa shape index (κ1) is 12.8. The van der Waals surface area contributed by atoms with Gasteiger partial charge in [-0.25, -0.2) is 10.8 Å². The van der Waals surface area contributed by atoms with E-state index in [9.17, 15) is 4.79 Å². The predicted molar refractivity (Wildman–Crippen MR) is 72.5 cm³/mol. The number of thiophene rings is 1. The smallest absolute Gasteiger partial charge is 0.271 e. The number of pyridine rings is 1. The number of nitrogen functional groups attached to an aromatic ring is 1. The summed E-state index contributed by atoms with van der Waals surface area (Å²) in [5.74, 6) is 5.29. The van der Waals surface area contributed by atoms with Gasteiger partial charge in [0.05, 0.1) is 5.02 Å². The molecule has 7 heteroatoms. The topological polar surface area (TPSA) is 80.0 Å². The van der Waals surface area contributed by atoms with Crippen molar-refractivity contribution in [3.8, 4) is 0 Å². The third-order valence-electron chi connectivity index (χ3n) is 2.24. The van der Waals surface area contributed by atoms with Gasteiger partial charge in [0.25, 0.3) is 5.91 Å². The van der Waals surface area contributed by atoms with Gasteiger partial charge in [0, 0.05) is 6.54 Å². The van der Waals surface area contributed by atoms with E-state index in [1.807, 2.05) is 16.8 Å². The number of rotatable bonds is 4. The van der Waals surface area contributed by atoms with Crippen LogP contribution in [0.25, 0.3) is 0 Å². The minimum Gasteiger partial charge on any atom is -0.347 e. The number of nitrogens with zero attached hydrogens (tertiary/aromatic N) is 1. The first-order valence-corrected chi connectivity index (χ1v) is 6.45. The Balaban J connectivity index is 2.08. The van der Waals surface area contributed by atoms with Crippen LogP contribution in [0.5, 0.6) is 0 Å². The van der Waals surface area contributed by atoms with E-state index in [0.717, 1.165) is 5.56 Å². The van der Waals surface area contributed by atoms with Crippen molar-refractivity contribution in [1.29, 1.82) is 0 Å². The summed E-state index contributed by atoms with van der Waals surface area (Å²) in [6.07, 6.45) is 0. The zero-order valence-electron chi connectivity index (χ0n) is 9.31. The van der Waals surface area contributed by atoms with Crippen LogP contribution in [-0.4, -0.2) is 10.9 Å². The molecule has 2 rings (SSSR count). The SMILES string of the molecule is NNc1ccc(Cl)c(C(=O)NCc2ccsc2)n1. The monoisotopic (exact) mass is 282 g/mol. The van der Waals surface area contributed by atoms with E-state index in [4.69, 9.17) is 17.4 Å². The molecule has 0 atom stereocenters. The summed E-state index contributed by atoms with van der Waals surface area (Å²) < 4.78 is 0. The highest BCUT2D eigenvalue weighted by atomic mass is 35.5. The van der Waals surface area contributed by atoms with E-state index in [2.05, 4.69) is 15.7 Å². The van der Waals surface area contributed by atoms with Gasteiger partial charge in [0.2, 0.25) is 0 Å². The lowest BCUT2D eigenvalue weighted by atomic mass is 10.3. The molecule has 1 amide bonds. The molecule has 0 aromatic carbocycles. The third kappa shape index (κ3) is 2.98. The number of carbonyl (C=O) groups is 1. The van der Waals surface area contributed by atoms with Crippen molar-refractivity contribution >= 4 is 34.7 Å². The number of carbonyl (C=O) groups excluding carboxylic acids is 1. The maximum absolute atomic E-state index is 11.9. The molecule has 5 nitrogen and oxygen atoms in total. The van der Waals surface area contributed by atoms with Crippen molar-refractivity contribution in [3.05, 3.63) is 45.2 Å². The van der Waals surface area contributed by atoms with E-state index in [1.165, 1.54) is 0 Å². The van der Waals surface area contributed by atoms with E-state index < -0.39 is 0 Å². The number of aromatic nitrogens is 1. The highest BCUT2D eigenvalue weighted by molar-refractivity contribution is 7.07. The number of nitrogens with two attached hydrogens (primary N) is 1. The summed E-state index contributed by atoms with van der Waals surface area (Å²) in [7, 11) is 0. The Morgan fingerprint density at radius 1 is 1.44 bits per heavy atom. The standard InChI is InChI=1S/C11H11ClN4OS/c12-8-1-2-9(16-13)15-10(8)11(17)14-5-7-3-4-18-6-7/h1-4,6H,5,13H2,(H,14,17)(H,15,16). The Morgan fingerprint density at radius 3 is 2.94 bits per heavy atom. The highest BCUT2D eigenvalue weighted by Gasteiger charge is 2.12. The van der Waals surface area contributed by atoms with Crippen LogP contribution in [-0.2, 0) is 6.54 Å².